The van der Waals surface area contributed by atoms with Crippen molar-refractivity contribution in [3.63, 3.8) is 0 Å². The van der Waals surface area contributed by atoms with Crippen LogP contribution >= 0.6 is 23.2 Å². The second kappa shape index (κ2) is 6.42. The standard InChI is InChI=1S/C16H16Cl2O/c1-11-3-5-15(17)13(7-11)9-19-10-14-8-12(2)4-6-16(14)18/h3-8H,9-10H2,1-2H3. The highest BCUT2D eigenvalue weighted by molar-refractivity contribution is 6.31. The fourth-order valence-electron chi connectivity index (χ4n) is 1.90. The van der Waals surface area contributed by atoms with Crippen molar-refractivity contribution >= 4 is 23.2 Å². The molecule has 0 amide bonds. The van der Waals surface area contributed by atoms with Gasteiger partial charge in [0.1, 0.15) is 0 Å². The van der Waals surface area contributed by atoms with Crippen molar-refractivity contribution in [2.75, 3.05) is 0 Å². The lowest BCUT2D eigenvalue weighted by Crippen LogP contribution is -1.96. The van der Waals surface area contributed by atoms with Gasteiger partial charge in [-0.15, -0.1) is 0 Å². The Morgan fingerprint density at radius 3 is 1.63 bits per heavy atom. The summed E-state index contributed by atoms with van der Waals surface area (Å²) in [5, 5.41) is 1.47. The minimum absolute atomic E-state index is 0.491. The Kier molecular flexibility index (Phi) is 4.87. The zero-order chi connectivity index (χ0) is 13.8. The normalized spacial score (nSPS) is 10.7. The first kappa shape index (κ1) is 14.4. The van der Waals surface area contributed by atoms with Gasteiger partial charge < -0.3 is 4.74 Å². The quantitative estimate of drug-likeness (QED) is 0.741. The highest BCUT2D eigenvalue weighted by Crippen LogP contribution is 2.21. The summed E-state index contributed by atoms with van der Waals surface area (Å²) < 4.78 is 5.71. The molecule has 0 aromatic heterocycles. The van der Waals surface area contributed by atoms with E-state index < -0.39 is 0 Å². The minimum Gasteiger partial charge on any atom is -0.372 e. The largest absolute Gasteiger partial charge is 0.372 e. The molecule has 0 saturated carbocycles. The predicted octanol–water partition coefficient (Wildman–Crippen LogP) is 5.33. The number of benzene rings is 2. The molecular formula is C16H16Cl2O. The molecule has 0 bridgehead atoms. The average Bonchev–Trinajstić information content (AvgIpc) is 2.38. The SMILES string of the molecule is Cc1ccc(Cl)c(COCc2cc(C)ccc2Cl)c1. The van der Waals surface area contributed by atoms with E-state index in [0.717, 1.165) is 21.2 Å². The molecule has 100 valence electrons. The maximum absolute atomic E-state index is 6.13. The predicted molar refractivity (Wildman–Crippen MR) is 80.9 cm³/mol. The van der Waals surface area contributed by atoms with Gasteiger partial charge in [-0.3, -0.25) is 0 Å². The van der Waals surface area contributed by atoms with Crippen LogP contribution in [0.4, 0.5) is 0 Å². The molecule has 0 aliphatic rings. The third-order valence-corrected chi connectivity index (χ3v) is 3.66. The summed E-state index contributed by atoms with van der Waals surface area (Å²) in [6.07, 6.45) is 0. The van der Waals surface area contributed by atoms with Gasteiger partial charge in [-0.1, -0.05) is 58.6 Å². The van der Waals surface area contributed by atoms with E-state index in [2.05, 4.69) is 0 Å². The number of rotatable bonds is 4. The van der Waals surface area contributed by atoms with Crippen LogP contribution in [0.15, 0.2) is 36.4 Å². The summed E-state index contributed by atoms with van der Waals surface area (Å²) in [6, 6.07) is 11.9. The van der Waals surface area contributed by atoms with Gasteiger partial charge in [0.15, 0.2) is 0 Å². The zero-order valence-electron chi connectivity index (χ0n) is 11.0. The Morgan fingerprint density at radius 2 is 1.21 bits per heavy atom. The van der Waals surface area contributed by atoms with Gasteiger partial charge in [0.25, 0.3) is 0 Å². The van der Waals surface area contributed by atoms with E-state index in [9.17, 15) is 0 Å². The van der Waals surface area contributed by atoms with Crippen LogP contribution < -0.4 is 0 Å². The lowest BCUT2D eigenvalue weighted by atomic mass is 10.1. The van der Waals surface area contributed by atoms with Crippen molar-refractivity contribution in [3.05, 3.63) is 68.7 Å². The van der Waals surface area contributed by atoms with Crippen LogP contribution in [-0.2, 0) is 18.0 Å². The first-order valence-electron chi connectivity index (χ1n) is 6.14. The Balaban J connectivity index is 2.00. The van der Waals surface area contributed by atoms with Crippen molar-refractivity contribution in [2.24, 2.45) is 0 Å². The first-order chi connectivity index (χ1) is 9.06. The molecule has 0 saturated heterocycles. The molecule has 0 fully saturated rings. The van der Waals surface area contributed by atoms with Crippen LogP contribution in [0, 0.1) is 13.8 Å². The van der Waals surface area contributed by atoms with Crippen molar-refractivity contribution in [1.82, 2.24) is 0 Å². The van der Waals surface area contributed by atoms with Gasteiger partial charge >= 0.3 is 0 Å². The van der Waals surface area contributed by atoms with Crippen LogP contribution in [0.1, 0.15) is 22.3 Å². The molecule has 0 unspecified atom stereocenters. The van der Waals surface area contributed by atoms with Crippen LogP contribution in [0.25, 0.3) is 0 Å². The number of ether oxygens (including phenoxy) is 1. The molecule has 0 atom stereocenters. The fraction of sp³-hybridized carbons (Fsp3) is 0.250. The van der Waals surface area contributed by atoms with E-state index >= 15 is 0 Å². The Bertz CT molecular complexity index is 527. The molecule has 0 heterocycles. The van der Waals surface area contributed by atoms with Crippen LogP contribution in [0.5, 0.6) is 0 Å². The van der Waals surface area contributed by atoms with E-state index in [1.807, 2.05) is 50.2 Å². The second-order valence-corrected chi connectivity index (χ2v) is 5.50. The molecule has 0 aliphatic heterocycles. The molecule has 0 radical (unpaired) electrons. The molecule has 0 N–H and O–H groups in total. The van der Waals surface area contributed by atoms with Crippen molar-refractivity contribution in [1.29, 1.82) is 0 Å². The number of aryl methyl sites for hydroxylation is 2. The summed E-state index contributed by atoms with van der Waals surface area (Å²) in [5.74, 6) is 0. The summed E-state index contributed by atoms with van der Waals surface area (Å²) in [4.78, 5) is 0. The van der Waals surface area contributed by atoms with Crippen molar-refractivity contribution in [2.45, 2.75) is 27.1 Å². The molecule has 2 aromatic rings. The van der Waals surface area contributed by atoms with Crippen molar-refractivity contribution < 1.29 is 4.74 Å². The monoisotopic (exact) mass is 294 g/mol. The summed E-state index contributed by atoms with van der Waals surface area (Å²) in [6.45, 7) is 5.06. The molecule has 2 aromatic carbocycles. The van der Waals surface area contributed by atoms with E-state index in [1.165, 1.54) is 11.1 Å². The molecular weight excluding hydrogens is 279 g/mol. The van der Waals surface area contributed by atoms with E-state index in [1.54, 1.807) is 0 Å². The number of hydrogen-bond acceptors (Lipinski definition) is 1. The minimum atomic E-state index is 0.491. The Hall–Kier alpha value is -1.02. The summed E-state index contributed by atoms with van der Waals surface area (Å²) in [7, 11) is 0. The van der Waals surface area contributed by atoms with Crippen molar-refractivity contribution in [3.8, 4) is 0 Å². The topological polar surface area (TPSA) is 9.23 Å². The lowest BCUT2D eigenvalue weighted by molar-refractivity contribution is 0.107. The zero-order valence-corrected chi connectivity index (χ0v) is 12.6. The van der Waals surface area contributed by atoms with Gasteiger partial charge in [0.2, 0.25) is 0 Å². The Morgan fingerprint density at radius 1 is 0.789 bits per heavy atom. The molecule has 19 heavy (non-hydrogen) atoms. The smallest absolute Gasteiger partial charge is 0.0736 e. The van der Waals surface area contributed by atoms with E-state index in [4.69, 9.17) is 27.9 Å². The van der Waals surface area contributed by atoms with Crippen LogP contribution in [-0.4, -0.2) is 0 Å². The van der Waals surface area contributed by atoms with Gasteiger partial charge in [-0.05, 0) is 37.1 Å². The second-order valence-electron chi connectivity index (χ2n) is 4.68. The highest BCUT2D eigenvalue weighted by atomic mass is 35.5. The maximum Gasteiger partial charge on any atom is 0.0736 e. The average molecular weight is 295 g/mol. The third kappa shape index (κ3) is 3.97. The molecule has 2 rings (SSSR count). The molecule has 0 spiro atoms. The fourth-order valence-corrected chi connectivity index (χ4v) is 2.24. The maximum atomic E-state index is 6.13. The van der Waals surface area contributed by atoms with Gasteiger partial charge in [0.05, 0.1) is 13.2 Å². The van der Waals surface area contributed by atoms with Gasteiger partial charge in [-0.2, -0.15) is 0 Å². The summed E-state index contributed by atoms with van der Waals surface area (Å²) in [5.41, 5.74) is 4.36. The lowest BCUT2D eigenvalue weighted by Gasteiger charge is -2.09. The highest BCUT2D eigenvalue weighted by Gasteiger charge is 2.04. The molecule has 3 heteroatoms. The van der Waals surface area contributed by atoms with E-state index in [-0.39, 0.29) is 0 Å². The van der Waals surface area contributed by atoms with Gasteiger partial charge in [0, 0.05) is 10.0 Å². The molecule has 1 nitrogen and oxygen atoms in total. The number of halogens is 2. The number of hydrogen-bond donors (Lipinski definition) is 0. The molecule has 0 aliphatic carbocycles. The van der Waals surface area contributed by atoms with E-state index in [0.29, 0.717) is 13.2 Å². The summed E-state index contributed by atoms with van der Waals surface area (Å²) >= 11 is 12.3. The van der Waals surface area contributed by atoms with Crippen LogP contribution in [0.2, 0.25) is 10.0 Å². The van der Waals surface area contributed by atoms with Crippen LogP contribution in [0.3, 0.4) is 0 Å². The Labute approximate surface area is 124 Å². The van der Waals surface area contributed by atoms with Gasteiger partial charge in [-0.25, -0.2) is 0 Å². The third-order valence-electron chi connectivity index (χ3n) is 2.92. The first-order valence-corrected chi connectivity index (χ1v) is 6.89.